The molecule has 0 saturated heterocycles. The molecule has 0 radical (unpaired) electrons. The van der Waals surface area contributed by atoms with Crippen LogP contribution in [0.3, 0.4) is 0 Å². The Labute approximate surface area is 188 Å². The zero-order valence-corrected chi connectivity index (χ0v) is 18.5. The minimum Gasteiger partial charge on any atom is -0.308 e. The maximum Gasteiger partial charge on any atom is 0.264 e. The van der Waals surface area contributed by atoms with Crippen LogP contribution in [-0.2, 0) is 17.9 Å². The smallest absolute Gasteiger partial charge is 0.264 e. The van der Waals surface area contributed by atoms with Gasteiger partial charge in [0.2, 0.25) is 5.91 Å². The molecule has 0 aliphatic heterocycles. The highest BCUT2D eigenvalue weighted by molar-refractivity contribution is 6.31. The first-order chi connectivity index (χ1) is 15.2. The predicted molar refractivity (Wildman–Crippen MR) is 118 cm³/mol. The Morgan fingerprint density at radius 3 is 2.59 bits per heavy atom. The summed E-state index contributed by atoms with van der Waals surface area (Å²) in [7, 11) is 0. The zero-order chi connectivity index (χ0) is 23.0. The highest BCUT2D eigenvalue weighted by atomic mass is 35.5. The number of anilines is 1. The predicted octanol–water partition coefficient (Wildman–Crippen LogP) is 4.83. The second kappa shape index (κ2) is 8.66. The average molecular weight is 459 g/mol. The number of nitrogens with zero attached hydrogens (tertiary/aromatic N) is 5. The third kappa shape index (κ3) is 4.34. The van der Waals surface area contributed by atoms with Crippen molar-refractivity contribution in [1.29, 1.82) is 0 Å². The number of amides is 1. The van der Waals surface area contributed by atoms with Gasteiger partial charge in [-0.15, -0.1) is 0 Å². The Bertz CT molecular complexity index is 1310. The number of carbonyl (C=O) groups is 1. The van der Waals surface area contributed by atoms with Crippen LogP contribution in [0.4, 0.5) is 14.6 Å². The Balaban J connectivity index is 1.54. The zero-order valence-electron chi connectivity index (χ0n) is 17.7. The van der Waals surface area contributed by atoms with Gasteiger partial charge in [-0.05, 0) is 38.5 Å². The number of fused-ring (bicyclic) bond motifs is 1. The van der Waals surface area contributed by atoms with E-state index in [2.05, 4.69) is 20.5 Å². The largest absolute Gasteiger partial charge is 0.308 e. The summed E-state index contributed by atoms with van der Waals surface area (Å²) in [6.07, 6.45) is -2.66. The molecule has 1 amide bonds. The van der Waals surface area contributed by atoms with Crippen LogP contribution in [0.5, 0.6) is 0 Å². The monoisotopic (exact) mass is 458 g/mol. The Kier molecular flexibility index (Phi) is 5.92. The molecule has 32 heavy (non-hydrogen) atoms. The molecule has 1 N–H and O–H groups in total. The summed E-state index contributed by atoms with van der Waals surface area (Å²) in [4.78, 5) is 17.0. The lowest BCUT2D eigenvalue weighted by Crippen LogP contribution is -2.20. The molecular formula is C22H21ClF2N6O. The molecule has 0 spiro atoms. The van der Waals surface area contributed by atoms with Crippen LogP contribution in [0.25, 0.3) is 11.0 Å². The Morgan fingerprint density at radius 2 is 1.88 bits per heavy atom. The summed E-state index contributed by atoms with van der Waals surface area (Å²) in [5.41, 5.74) is 2.71. The summed E-state index contributed by atoms with van der Waals surface area (Å²) in [5, 5.41) is 12.3. The molecular weight excluding hydrogens is 438 g/mol. The molecule has 1 aromatic carbocycles. The van der Waals surface area contributed by atoms with Gasteiger partial charge in [-0.2, -0.15) is 10.2 Å². The molecule has 4 rings (SSSR count). The van der Waals surface area contributed by atoms with E-state index in [-0.39, 0.29) is 23.1 Å². The lowest BCUT2D eigenvalue weighted by molar-refractivity contribution is -0.116. The van der Waals surface area contributed by atoms with Crippen LogP contribution in [0, 0.1) is 20.8 Å². The van der Waals surface area contributed by atoms with Gasteiger partial charge >= 0.3 is 0 Å². The van der Waals surface area contributed by atoms with Crippen molar-refractivity contribution in [3.8, 4) is 0 Å². The van der Waals surface area contributed by atoms with Crippen LogP contribution < -0.4 is 5.32 Å². The van der Waals surface area contributed by atoms with Crippen molar-refractivity contribution in [3.63, 3.8) is 0 Å². The third-order valence-electron chi connectivity index (χ3n) is 5.09. The van der Waals surface area contributed by atoms with Gasteiger partial charge in [-0.3, -0.25) is 9.48 Å². The molecule has 3 heterocycles. The quantitative estimate of drug-likeness (QED) is 0.449. The van der Waals surface area contributed by atoms with Crippen LogP contribution in [0.15, 0.2) is 36.4 Å². The van der Waals surface area contributed by atoms with Crippen LogP contribution in [0.2, 0.25) is 5.02 Å². The van der Waals surface area contributed by atoms with E-state index in [9.17, 15) is 13.6 Å². The molecule has 166 valence electrons. The van der Waals surface area contributed by atoms with E-state index >= 15 is 0 Å². The molecule has 0 fully saturated rings. The Hall–Kier alpha value is -3.33. The number of hydrogen-bond acceptors (Lipinski definition) is 4. The highest BCUT2D eigenvalue weighted by Crippen LogP contribution is 2.30. The first-order valence-electron chi connectivity index (χ1n) is 9.93. The van der Waals surface area contributed by atoms with E-state index in [0.29, 0.717) is 28.8 Å². The van der Waals surface area contributed by atoms with Crippen molar-refractivity contribution in [1.82, 2.24) is 24.5 Å². The van der Waals surface area contributed by atoms with Gasteiger partial charge in [-0.1, -0.05) is 29.8 Å². The van der Waals surface area contributed by atoms with Crippen molar-refractivity contribution in [2.75, 3.05) is 5.32 Å². The molecule has 0 unspecified atom stereocenters. The second-order valence-electron chi connectivity index (χ2n) is 7.56. The molecule has 0 aliphatic carbocycles. The van der Waals surface area contributed by atoms with E-state index in [1.807, 2.05) is 31.2 Å². The van der Waals surface area contributed by atoms with Gasteiger partial charge in [0.15, 0.2) is 11.5 Å². The maximum absolute atomic E-state index is 13.5. The fourth-order valence-corrected chi connectivity index (χ4v) is 3.83. The minimum atomic E-state index is -2.66. The lowest BCUT2D eigenvalue weighted by atomic mass is 10.1. The van der Waals surface area contributed by atoms with Crippen molar-refractivity contribution >= 4 is 34.4 Å². The Morgan fingerprint density at radius 1 is 1.12 bits per heavy atom. The van der Waals surface area contributed by atoms with Crippen molar-refractivity contribution < 1.29 is 13.6 Å². The van der Waals surface area contributed by atoms with Gasteiger partial charge in [0.1, 0.15) is 6.54 Å². The van der Waals surface area contributed by atoms with E-state index in [4.69, 9.17) is 11.6 Å². The van der Waals surface area contributed by atoms with Gasteiger partial charge in [0.25, 0.3) is 6.43 Å². The topological polar surface area (TPSA) is 77.6 Å². The van der Waals surface area contributed by atoms with E-state index < -0.39 is 12.3 Å². The van der Waals surface area contributed by atoms with E-state index in [0.717, 1.165) is 11.3 Å². The van der Waals surface area contributed by atoms with Crippen molar-refractivity contribution in [2.45, 2.75) is 40.3 Å². The number of carbonyl (C=O) groups excluding carboxylic acids is 1. The molecule has 10 heteroatoms. The number of rotatable bonds is 6. The SMILES string of the molecule is Cc1cc(C(F)F)c2c(C)nn(CC(=O)Nc3cc(C)n(Cc4ccccc4Cl)n3)c2n1. The maximum atomic E-state index is 13.5. The summed E-state index contributed by atoms with van der Waals surface area (Å²) >= 11 is 6.23. The molecule has 3 aromatic heterocycles. The summed E-state index contributed by atoms with van der Waals surface area (Å²) in [6.45, 7) is 5.41. The van der Waals surface area contributed by atoms with Crippen LogP contribution >= 0.6 is 11.6 Å². The number of alkyl halides is 2. The number of benzene rings is 1. The summed E-state index contributed by atoms with van der Waals surface area (Å²) in [5.74, 6) is -0.0103. The number of halogens is 3. The fourth-order valence-electron chi connectivity index (χ4n) is 3.64. The highest BCUT2D eigenvalue weighted by Gasteiger charge is 2.21. The number of nitrogens with one attached hydrogen (secondary N) is 1. The van der Waals surface area contributed by atoms with Gasteiger partial charge in [-0.25, -0.2) is 18.4 Å². The van der Waals surface area contributed by atoms with E-state index in [1.165, 1.54) is 10.7 Å². The average Bonchev–Trinajstić information content (AvgIpc) is 3.21. The molecule has 0 aliphatic rings. The van der Waals surface area contributed by atoms with Crippen molar-refractivity contribution in [2.24, 2.45) is 0 Å². The number of pyridine rings is 1. The first-order valence-corrected chi connectivity index (χ1v) is 10.3. The molecule has 4 aromatic rings. The number of aromatic nitrogens is 5. The standard InChI is InChI=1S/C22H21ClF2N6O/c1-12-8-16(21(24)25)20-14(3)28-31(22(20)26-12)11-19(32)27-18-9-13(2)30(29-18)10-15-6-4-5-7-17(15)23/h4-9,21H,10-11H2,1-3H3,(H,27,29,32). The first kappa shape index (κ1) is 21.9. The van der Waals surface area contributed by atoms with Gasteiger partial charge in [0, 0.05) is 28.0 Å². The van der Waals surface area contributed by atoms with Gasteiger partial charge in [0.05, 0.1) is 17.6 Å². The van der Waals surface area contributed by atoms with Crippen LogP contribution in [-0.4, -0.2) is 30.5 Å². The van der Waals surface area contributed by atoms with Crippen molar-refractivity contribution in [3.05, 3.63) is 69.6 Å². The van der Waals surface area contributed by atoms with Gasteiger partial charge < -0.3 is 5.32 Å². The molecule has 0 saturated carbocycles. The molecule has 7 nitrogen and oxygen atoms in total. The summed E-state index contributed by atoms with van der Waals surface area (Å²) < 4.78 is 30.0. The molecule has 0 bridgehead atoms. The van der Waals surface area contributed by atoms with E-state index in [1.54, 1.807) is 24.6 Å². The normalized spacial score (nSPS) is 11.5. The fraction of sp³-hybridized carbons (Fsp3) is 0.273. The van der Waals surface area contributed by atoms with Crippen LogP contribution in [0.1, 0.15) is 34.6 Å². The second-order valence-corrected chi connectivity index (χ2v) is 7.97. The molecule has 0 atom stereocenters. The number of hydrogen-bond donors (Lipinski definition) is 1. The summed E-state index contributed by atoms with van der Waals surface area (Å²) in [6, 6.07) is 10.6. The number of aryl methyl sites for hydroxylation is 3. The third-order valence-corrected chi connectivity index (χ3v) is 5.46. The lowest BCUT2D eigenvalue weighted by Gasteiger charge is -2.07. The minimum absolute atomic E-state index is 0.134.